The molecule has 1 aliphatic carbocycles. The number of aliphatic hydroxyl groups is 1. The highest BCUT2D eigenvalue weighted by atomic mass is 19.1. The van der Waals surface area contributed by atoms with Gasteiger partial charge in [0.1, 0.15) is 5.82 Å². The molecule has 1 saturated carbocycles. The first-order chi connectivity index (χ1) is 12.0. The van der Waals surface area contributed by atoms with Crippen molar-refractivity contribution in [2.24, 2.45) is 5.41 Å². The zero-order valence-corrected chi connectivity index (χ0v) is 15.4. The Bertz CT molecular complexity index is 614. The van der Waals surface area contributed by atoms with Gasteiger partial charge in [-0.3, -0.25) is 4.90 Å². The Hall–Kier alpha value is -1.13. The Labute approximate surface area is 150 Å². The molecule has 2 heterocycles. The standard InChI is InChI=1S/C21H31FN2O/c1-16-3-8-20(19(22)13-16)24-11-2-9-21(15-24)10-12-23(14-21)17-4-6-18(25)7-5-17/h3,8,13,17-18,25H,2,4-7,9-12,14-15H2,1H3/t17?,18?,21-/m1/s1. The number of piperidine rings is 1. The summed E-state index contributed by atoms with van der Waals surface area (Å²) in [5, 5.41) is 9.76. The molecule has 1 atom stereocenters. The fourth-order valence-electron chi connectivity index (χ4n) is 5.32. The van der Waals surface area contributed by atoms with Crippen LogP contribution in [0.25, 0.3) is 0 Å². The minimum atomic E-state index is -0.0810. The summed E-state index contributed by atoms with van der Waals surface area (Å²) >= 11 is 0. The lowest BCUT2D eigenvalue weighted by Crippen LogP contribution is -2.46. The normalized spacial score (nSPS) is 34.0. The smallest absolute Gasteiger partial charge is 0.146 e. The number of aryl methyl sites for hydroxylation is 1. The van der Waals surface area contributed by atoms with Gasteiger partial charge in [0, 0.05) is 31.1 Å². The number of anilines is 1. The molecule has 3 fully saturated rings. The summed E-state index contributed by atoms with van der Waals surface area (Å²) in [4.78, 5) is 4.95. The van der Waals surface area contributed by atoms with Crippen molar-refractivity contribution in [1.82, 2.24) is 4.90 Å². The molecular weight excluding hydrogens is 315 g/mol. The van der Waals surface area contributed by atoms with E-state index < -0.39 is 0 Å². The van der Waals surface area contributed by atoms with Crippen LogP contribution in [0.1, 0.15) is 50.5 Å². The first-order valence-electron chi connectivity index (χ1n) is 9.98. The van der Waals surface area contributed by atoms with Crippen molar-refractivity contribution in [3.8, 4) is 0 Å². The van der Waals surface area contributed by atoms with Crippen LogP contribution < -0.4 is 4.90 Å². The van der Waals surface area contributed by atoms with Crippen molar-refractivity contribution in [1.29, 1.82) is 0 Å². The maximum Gasteiger partial charge on any atom is 0.146 e. The lowest BCUT2D eigenvalue weighted by Gasteiger charge is -2.42. The van der Waals surface area contributed by atoms with Crippen molar-refractivity contribution in [3.63, 3.8) is 0 Å². The molecule has 2 aliphatic heterocycles. The van der Waals surface area contributed by atoms with Crippen molar-refractivity contribution in [2.75, 3.05) is 31.1 Å². The molecule has 138 valence electrons. The molecule has 1 N–H and O–H groups in total. The zero-order chi connectivity index (χ0) is 17.4. The van der Waals surface area contributed by atoms with E-state index >= 15 is 0 Å². The number of benzene rings is 1. The minimum Gasteiger partial charge on any atom is -0.393 e. The molecule has 0 unspecified atom stereocenters. The van der Waals surface area contributed by atoms with Gasteiger partial charge in [-0.2, -0.15) is 0 Å². The Balaban J connectivity index is 1.44. The van der Waals surface area contributed by atoms with E-state index in [1.165, 1.54) is 19.4 Å². The van der Waals surface area contributed by atoms with Crippen LogP contribution in [-0.4, -0.2) is 48.3 Å². The maximum absolute atomic E-state index is 14.4. The number of halogens is 1. The molecule has 0 radical (unpaired) electrons. The predicted molar refractivity (Wildman–Crippen MR) is 99.5 cm³/mol. The average Bonchev–Trinajstić information content (AvgIpc) is 2.99. The van der Waals surface area contributed by atoms with E-state index in [0.29, 0.717) is 11.5 Å². The highest BCUT2D eigenvalue weighted by molar-refractivity contribution is 5.49. The van der Waals surface area contributed by atoms with Crippen molar-refractivity contribution in [2.45, 2.75) is 64.0 Å². The summed E-state index contributed by atoms with van der Waals surface area (Å²) in [6.45, 7) is 6.22. The van der Waals surface area contributed by atoms with E-state index in [1.807, 2.05) is 19.1 Å². The van der Waals surface area contributed by atoms with Crippen LogP contribution in [0, 0.1) is 18.2 Å². The Kier molecular flexibility index (Phi) is 4.76. The van der Waals surface area contributed by atoms with Gasteiger partial charge in [0.2, 0.25) is 0 Å². The van der Waals surface area contributed by atoms with Gasteiger partial charge in [0.15, 0.2) is 0 Å². The molecule has 1 spiro atoms. The van der Waals surface area contributed by atoms with Gasteiger partial charge < -0.3 is 10.0 Å². The molecule has 1 aromatic rings. The van der Waals surface area contributed by atoms with Crippen molar-refractivity contribution in [3.05, 3.63) is 29.6 Å². The number of aliphatic hydroxyl groups excluding tert-OH is 1. The Morgan fingerprint density at radius 1 is 1.08 bits per heavy atom. The van der Waals surface area contributed by atoms with Crippen LogP contribution in [0.2, 0.25) is 0 Å². The molecule has 4 rings (SSSR count). The van der Waals surface area contributed by atoms with Crippen LogP contribution >= 0.6 is 0 Å². The van der Waals surface area contributed by atoms with E-state index in [-0.39, 0.29) is 11.9 Å². The predicted octanol–water partition coefficient (Wildman–Crippen LogP) is 3.73. The molecule has 4 heteroatoms. The summed E-state index contributed by atoms with van der Waals surface area (Å²) in [7, 11) is 0. The third kappa shape index (κ3) is 3.56. The molecular formula is C21H31FN2O. The van der Waals surface area contributed by atoms with Crippen LogP contribution in [0.5, 0.6) is 0 Å². The molecule has 0 aromatic heterocycles. The monoisotopic (exact) mass is 346 g/mol. The van der Waals surface area contributed by atoms with Crippen molar-refractivity contribution < 1.29 is 9.50 Å². The zero-order valence-electron chi connectivity index (χ0n) is 15.4. The number of hydrogen-bond donors (Lipinski definition) is 1. The molecule has 25 heavy (non-hydrogen) atoms. The summed E-state index contributed by atoms with van der Waals surface area (Å²) in [5.41, 5.74) is 2.09. The molecule has 1 aromatic carbocycles. The summed E-state index contributed by atoms with van der Waals surface area (Å²) < 4.78 is 14.4. The first-order valence-corrected chi connectivity index (χ1v) is 9.98. The van der Waals surface area contributed by atoms with Crippen LogP contribution in [0.15, 0.2) is 18.2 Å². The Morgan fingerprint density at radius 2 is 1.88 bits per heavy atom. The highest BCUT2D eigenvalue weighted by Crippen LogP contribution is 2.42. The Morgan fingerprint density at radius 3 is 2.64 bits per heavy atom. The SMILES string of the molecule is Cc1ccc(N2CCC[C@]3(CCN(C4CCC(O)CC4)C3)C2)c(F)c1. The fraction of sp³-hybridized carbons (Fsp3) is 0.714. The number of hydrogen-bond acceptors (Lipinski definition) is 3. The van der Waals surface area contributed by atoms with Gasteiger partial charge in [0.05, 0.1) is 11.8 Å². The third-order valence-electron chi connectivity index (χ3n) is 6.76. The summed E-state index contributed by atoms with van der Waals surface area (Å²) in [6, 6.07) is 6.28. The lowest BCUT2D eigenvalue weighted by molar-refractivity contribution is 0.0770. The van der Waals surface area contributed by atoms with Gasteiger partial charge in [-0.05, 0) is 76.1 Å². The third-order valence-corrected chi connectivity index (χ3v) is 6.76. The lowest BCUT2D eigenvalue weighted by atomic mass is 9.79. The van der Waals surface area contributed by atoms with E-state index in [4.69, 9.17) is 0 Å². The number of rotatable bonds is 2. The van der Waals surface area contributed by atoms with Gasteiger partial charge in [-0.25, -0.2) is 4.39 Å². The minimum absolute atomic E-state index is 0.0758. The van der Waals surface area contributed by atoms with E-state index in [9.17, 15) is 9.50 Å². The first kappa shape index (κ1) is 17.3. The topological polar surface area (TPSA) is 26.7 Å². The highest BCUT2D eigenvalue weighted by Gasteiger charge is 2.43. The number of likely N-dealkylation sites (tertiary alicyclic amines) is 1. The molecule has 2 saturated heterocycles. The van der Waals surface area contributed by atoms with Gasteiger partial charge in [-0.1, -0.05) is 6.07 Å². The molecule has 0 amide bonds. The average molecular weight is 346 g/mol. The van der Waals surface area contributed by atoms with Gasteiger partial charge >= 0.3 is 0 Å². The molecule has 3 aliphatic rings. The maximum atomic E-state index is 14.4. The van der Waals surface area contributed by atoms with Crippen LogP contribution in [0.3, 0.4) is 0 Å². The molecule has 3 nitrogen and oxygen atoms in total. The van der Waals surface area contributed by atoms with Crippen LogP contribution in [-0.2, 0) is 0 Å². The fourth-order valence-corrected chi connectivity index (χ4v) is 5.32. The van der Waals surface area contributed by atoms with Gasteiger partial charge in [0.25, 0.3) is 0 Å². The molecule has 0 bridgehead atoms. The number of nitrogens with zero attached hydrogens (tertiary/aromatic N) is 2. The van der Waals surface area contributed by atoms with E-state index in [1.54, 1.807) is 6.07 Å². The summed E-state index contributed by atoms with van der Waals surface area (Å²) in [5.74, 6) is -0.0758. The van der Waals surface area contributed by atoms with Gasteiger partial charge in [-0.15, -0.1) is 0 Å². The second-order valence-electron chi connectivity index (χ2n) is 8.66. The quantitative estimate of drug-likeness (QED) is 0.884. The van der Waals surface area contributed by atoms with Crippen LogP contribution in [0.4, 0.5) is 10.1 Å². The summed E-state index contributed by atoms with van der Waals surface area (Å²) in [6.07, 6.45) is 7.75. The van der Waals surface area contributed by atoms with E-state index in [2.05, 4.69) is 9.80 Å². The second kappa shape index (κ2) is 6.88. The largest absolute Gasteiger partial charge is 0.393 e. The van der Waals surface area contributed by atoms with E-state index in [0.717, 1.165) is 63.0 Å². The van der Waals surface area contributed by atoms with Crippen molar-refractivity contribution >= 4 is 5.69 Å². The second-order valence-corrected chi connectivity index (χ2v) is 8.66.